The fourth-order valence-electron chi connectivity index (χ4n) is 2.55. The Bertz CT molecular complexity index is 474. The maximum Gasteiger partial charge on any atom is 0.136 e. The first-order valence-electron chi connectivity index (χ1n) is 7.40. The van der Waals surface area contributed by atoms with Gasteiger partial charge in [-0.05, 0) is 30.4 Å². The van der Waals surface area contributed by atoms with Gasteiger partial charge in [0.15, 0.2) is 0 Å². The molecule has 0 N–H and O–H groups in total. The normalized spacial score (nSPS) is 10.7. The monoisotopic (exact) mass is 266 g/mol. The molecular formula is C19H22O. The molecule has 0 unspecified atom stereocenters. The maximum atomic E-state index is 12.4. The minimum atomic E-state index is 0.0970. The molecule has 0 saturated carbocycles. The van der Waals surface area contributed by atoms with Gasteiger partial charge in [0.2, 0.25) is 0 Å². The van der Waals surface area contributed by atoms with E-state index in [1.165, 1.54) is 11.1 Å². The van der Waals surface area contributed by atoms with E-state index in [9.17, 15) is 4.79 Å². The molecule has 0 spiro atoms. The van der Waals surface area contributed by atoms with Crippen LogP contribution in [0.3, 0.4) is 0 Å². The van der Waals surface area contributed by atoms with Crippen LogP contribution in [0.25, 0.3) is 0 Å². The highest BCUT2D eigenvalue weighted by Crippen LogP contribution is 2.17. The summed E-state index contributed by atoms with van der Waals surface area (Å²) in [6.07, 6.45) is 3.30. The van der Waals surface area contributed by atoms with Crippen molar-refractivity contribution in [3.8, 4) is 0 Å². The molecule has 0 aliphatic heterocycles. The van der Waals surface area contributed by atoms with E-state index < -0.39 is 0 Å². The Morgan fingerprint density at radius 2 is 1.30 bits per heavy atom. The van der Waals surface area contributed by atoms with E-state index in [-0.39, 0.29) is 5.92 Å². The molecule has 0 amide bonds. The van der Waals surface area contributed by atoms with Gasteiger partial charge in [0.05, 0.1) is 0 Å². The topological polar surface area (TPSA) is 17.1 Å². The summed E-state index contributed by atoms with van der Waals surface area (Å²) in [7, 11) is 0. The van der Waals surface area contributed by atoms with Crippen molar-refractivity contribution in [2.24, 2.45) is 5.92 Å². The molecule has 104 valence electrons. The van der Waals surface area contributed by atoms with E-state index >= 15 is 0 Å². The van der Waals surface area contributed by atoms with E-state index in [1.54, 1.807) is 0 Å². The largest absolute Gasteiger partial charge is 0.299 e. The van der Waals surface area contributed by atoms with Gasteiger partial charge >= 0.3 is 0 Å². The molecule has 0 heterocycles. The number of rotatable bonds is 7. The average Bonchev–Trinajstić information content (AvgIpc) is 2.49. The minimum absolute atomic E-state index is 0.0970. The van der Waals surface area contributed by atoms with Crippen LogP contribution in [0.1, 0.15) is 30.9 Å². The van der Waals surface area contributed by atoms with Crippen molar-refractivity contribution in [1.29, 1.82) is 0 Å². The van der Waals surface area contributed by atoms with Gasteiger partial charge in [0.1, 0.15) is 5.78 Å². The van der Waals surface area contributed by atoms with Gasteiger partial charge < -0.3 is 0 Å². The summed E-state index contributed by atoms with van der Waals surface area (Å²) in [5.41, 5.74) is 2.50. The summed E-state index contributed by atoms with van der Waals surface area (Å²) < 4.78 is 0. The van der Waals surface area contributed by atoms with Gasteiger partial charge in [0, 0.05) is 12.3 Å². The molecule has 20 heavy (non-hydrogen) atoms. The fraction of sp³-hybridized carbons (Fsp3) is 0.316. The van der Waals surface area contributed by atoms with Gasteiger partial charge in [-0.1, -0.05) is 67.6 Å². The zero-order valence-corrected chi connectivity index (χ0v) is 12.1. The van der Waals surface area contributed by atoms with Crippen LogP contribution in [0.4, 0.5) is 0 Å². The summed E-state index contributed by atoms with van der Waals surface area (Å²) in [5.74, 6) is 0.486. The van der Waals surface area contributed by atoms with Crippen molar-refractivity contribution in [1.82, 2.24) is 0 Å². The summed E-state index contributed by atoms with van der Waals surface area (Å²) in [5, 5.41) is 0. The second-order valence-electron chi connectivity index (χ2n) is 5.29. The van der Waals surface area contributed by atoms with Gasteiger partial charge in [-0.15, -0.1) is 0 Å². The van der Waals surface area contributed by atoms with Crippen molar-refractivity contribution < 1.29 is 4.79 Å². The fourth-order valence-corrected chi connectivity index (χ4v) is 2.55. The lowest BCUT2D eigenvalue weighted by molar-refractivity contribution is -0.122. The SMILES string of the molecule is CCCC(=O)C(Cc1ccccc1)Cc1ccccc1. The van der Waals surface area contributed by atoms with Gasteiger partial charge in [-0.2, -0.15) is 0 Å². The minimum Gasteiger partial charge on any atom is -0.299 e. The number of Topliss-reactive ketones (excluding diaryl/α,β-unsaturated/α-hetero) is 1. The molecule has 0 radical (unpaired) electrons. The van der Waals surface area contributed by atoms with Crippen molar-refractivity contribution in [2.75, 3.05) is 0 Å². The molecule has 0 fully saturated rings. The number of hydrogen-bond donors (Lipinski definition) is 0. The predicted octanol–water partition coefficient (Wildman–Crippen LogP) is 4.46. The molecule has 0 aromatic heterocycles. The maximum absolute atomic E-state index is 12.4. The lowest BCUT2D eigenvalue weighted by Gasteiger charge is -2.16. The lowest BCUT2D eigenvalue weighted by Crippen LogP contribution is -2.19. The summed E-state index contributed by atoms with van der Waals surface area (Å²) in [6, 6.07) is 20.6. The van der Waals surface area contributed by atoms with E-state index in [2.05, 4.69) is 31.2 Å². The lowest BCUT2D eigenvalue weighted by atomic mass is 9.87. The quantitative estimate of drug-likeness (QED) is 0.723. The zero-order valence-electron chi connectivity index (χ0n) is 12.1. The van der Waals surface area contributed by atoms with Crippen LogP contribution in [0.15, 0.2) is 60.7 Å². The molecule has 2 aromatic carbocycles. The molecule has 1 heteroatoms. The van der Waals surface area contributed by atoms with Gasteiger partial charge in [-0.25, -0.2) is 0 Å². The van der Waals surface area contributed by atoms with Crippen LogP contribution in [0.5, 0.6) is 0 Å². The van der Waals surface area contributed by atoms with E-state index in [1.807, 2.05) is 36.4 Å². The Morgan fingerprint density at radius 1 is 0.850 bits per heavy atom. The number of ketones is 1. The average molecular weight is 266 g/mol. The molecule has 0 bridgehead atoms. The Morgan fingerprint density at radius 3 is 1.70 bits per heavy atom. The van der Waals surface area contributed by atoms with Crippen LogP contribution in [0.2, 0.25) is 0 Å². The van der Waals surface area contributed by atoms with Gasteiger partial charge in [0.25, 0.3) is 0 Å². The van der Waals surface area contributed by atoms with Crippen molar-refractivity contribution in [3.05, 3.63) is 71.8 Å². The molecule has 0 aliphatic carbocycles. The van der Waals surface area contributed by atoms with E-state index in [0.717, 1.165) is 19.3 Å². The van der Waals surface area contributed by atoms with Crippen LogP contribution in [-0.2, 0) is 17.6 Å². The van der Waals surface area contributed by atoms with E-state index in [4.69, 9.17) is 0 Å². The molecular weight excluding hydrogens is 244 g/mol. The Balaban J connectivity index is 2.10. The summed E-state index contributed by atoms with van der Waals surface area (Å²) in [4.78, 5) is 12.4. The molecule has 1 nitrogen and oxygen atoms in total. The third-order valence-electron chi connectivity index (χ3n) is 3.60. The van der Waals surface area contributed by atoms with Crippen LogP contribution < -0.4 is 0 Å². The van der Waals surface area contributed by atoms with Crippen molar-refractivity contribution >= 4 is 5.78 Å². The van der Waals surface area contributed by atoms with E-state index in [0.29, 0.717) is 12.2 Å². The summed E-state index contributed by atoms with van der Waals surface area (Å²) >= 11 is 0. The molecule has 0 atom stereocenters. The first-order chi connectivity index (χ1) is 9.79. The highest BCUT2D eigenvalue weighted by Gasteiger charge is 2.18. The van der Waals surface area contributed by atoms with Crippen LogP contribution >= 0.6 is 0 Å². The standard InChI is InChI=1S/C19H22O/c1-2-9-19(20)18(14-16-10-5-3-6-11-16)15-17-12-7-4-8-13-17/h3-8,10-13,18H,2,9,14-15H2,1H3. The first kappa shape index (κ1) is 14.5. The molecule has 2 rings (SSSR count). The third-order valence-corrected chi connectivity index (χ3v) is 3.60. The van der Waals surface area contributed by atoms with Gasteiger partial charge in [-0.3, -0.25) is 4.79 Å². The smallest absolute Gasteiger partial charge is 0.136 e. The number of benzene rings is 2. The number of carbonyl (C=O) groups is 1. The first-order valence-corrected chi connectivity index (χ1v) is 7.40. The second kappa shape index (κ2) is 7.64. The molecule has 2 aromatic rings. The third kappa shape index (κ3) is 4.34. The Labute approximate surface area is 121 Å². The number of carbonyl (C=O) groups excluding carboxylic acids is 1. The summed E-state index contributed by atoms with van der Waals surface area (Å²) in [6.45, 7) is 2.07. The van der Waals surface area contributed by atoms with Crippen LogP contribution in [-0.4, -0.2) is 5.78 Å². The highest BCUT2D eigenvalue weighted by atomic mass is 16.1. The highest BCUT2D eigenvalue weighted by molar-refractivity contribution is 5.81. The second-order valence-corrected chi connectivity index (χ2v) is 5.29. The van der Waals surface area contributed by atoms with Crippen LogP contribution in [0, 0.1) is 5.92 Å². The van der Waals surface area contributed by atoms with Crippen molar-refractivity contribution in [2.45, 2.75) is 32.6 Å². The Hall–Kier alpha value is -1.89. The zero-order chi connectivity index (χ0) is 14.2. The molecule has 0 aliphatic rings. The predicted molar refractivity (Wildman–Crippen MR) is 83.7 cm³/mol. The van der Waals surface area contributed by atoms with Crippen molar-refractivity contribution in [3.63, 3.8) is 0 Å². The molecule has 0 saturated heterocycles. The Kier molecular flexibility index (Phi) is 5.55. The number of hydrogen-bond acceptors (Lipinski definition) is 1.